The van der Waals surface area contributed by atoms with Crippen LogP contribution in [0.3, 0.4) is 0 Å². The Labute approximate surface area is 121 Å². The molecule has 0 bridgehead atoms. The molecule has 1 saturated carbocycles. The third kappa shape index (κ3) is 4.07. The number of nitrogens with two attached hydrogens (primary N) is 1. The van der Waals surface area contributed by atoms with E-state index in [2.05, 4.69) is 15.3 Å². The van der Waals surface area contributed by atoms with Gasteiger partial charge in [-0.15, -0.1) is 0 Å². The third-order valence-corrected chi connectivity index (χ3v) is 3.85. The Hall–Kier alpha value is -1.36. The van der Waals surface area contributed by atoms with E-state index in [1.807, 2.05) is 13.8 Å². The molecule has 1 heterocycles. The molecule has 1 aromatic rings. The van der Waals surface area contributed by atoms with Gasteiger partial charge in [-0.25, -0.2) is 9.97 Å². The maximum absolute atomic E-state index is 5.90. The molecule has 0 saturated heterocycles. The molecule has 0 unspecified atom stereocenters. The summed E-state index contributed by atoms with van der Waals surface area (Å²) in [6.07, 6.45) is 7.63. The number of rotatable bonds is 6. The lowest BCUT2D eigenvalue weighted by atomic mass is 9.98. The highest BCUT2D eigenvalue weighted by Crippen LogP contribution is 2.20. The van der Waals surface area contributed by atoms with Crippen LogP contribution in [-0.4, -0.2) is 29.2 Å². The highest BCUT2D eigenvalue weighted by Gasteiger charge is 2.13. The third-order valence-electron chi connectivity index (χ3n) is 3.85. The van der Waals surface area contributed by atoms with Crippen molar-refractivity contribution in [3.63, 3.8) is 0 Å². The zero-order chi connectivity index (χ0) is 14.4. The molecule has 1 aliphatic carbocycles. The van der Waals surface area contributed by atoms with E-state index in [0.717, 1.165) is 36.8 Å². The standard InChI is InChI=1S/C15H26N4O/c1-3-13-18-14(16)11(2)15(19-13)17-9-10-20-12-7-5-4-6-8-12/h12H,3-10H2,1-2H3,(H3,16,17,18,19). The summed E-state index contributed by atoms with van der Waals surface area (Å²) in [4.78, 5) is 8.73. The predicted octanol–water partition coefficient (Wildman–Crippen LogP) is 2.69. The zero-order valence-electron chi connectivity index (χ0n) is 12.6. The van der Waals surface area contributed by atoms with E-state index in [1.54, 1.807) is 0 Å². The van der Waals surface area contributed by atoms with Gasteiger partial charge in [-0.05, 0) is 19.8 Å². The Balaban J connectivity index is 1.79. The Bertz CT molecular complexity index is 430. The second kappa shape index (κ2) is 7.43. The van der Waals surface area contributed by atoms with Gasteiger partial charge in [-0.3, -0.25) is 0 Å². The fourth-order valence-corrected chi connectivity index (χ4v) is 2.54. The monoisotopic (exact) mass is 278 g/mol. The van der Waals surface area contributed by atoms with Crippen LogP contribution >= 0.6 is 0 Å². The van der Waals surface area contributed by atoms with Crippen molar-refractivity contribution in [2.45, 2.75) is 58.5 Å². The lowest BCUT2D eigenvalue weighted by Gasteiger charge is -2.22. The smallest absolute Gasteiger partial charge is 0.134 e. The molecule has 0 aliphatic heterocycles. The number of nitrogens with one attached hydrogen (secondary N) is 1. The number of nitrogens with zero attached hydrogens (tertiary/aromatic N) is 2. The zero-order valence-corrected chi connectivity index (χ0v) is 12.6. The molecule has 5 heteroatoms. The molecular weight excluding hydrogens is 252 g/mol. The molecule has 0 aromatic carbocycles. The van der Waals surface area contributed by atoms with E-state index in [9.17, 15) is 0 Å². The van der Waals surface area contributed by atoms with Crippen molar-refractivity contribution in [3.8, 4) is 0 Å². The van der Waals surface area contributed by atoms with Gasteiger partial charge in [0.15, 0.2) is 0 Å². The predicted molar refractivity (Wildman–Crippen MR) is 81.9 cm³/mol. The molecular formula is C15H26N4O. The van der Waals surface area contributed by atoms with E-state index in [4.69, 9.17) is 10.5 Å². The first-order valence-corrected chi connectivity index (χ1v) is 7.69. The number of anilines is 2. The molecule has 20 heavy (non-hydrogen) atoms. The minimum absolute atomic E-state index is 0.452. The summed E-state index contributed by atoms with van der Waals surface area (Å²) in [6, 6.07) is 0. The van der Waals surface area contributed by atoms with Gasteiger partial charge < -0.3 is 15.8 Å². The Morgan fingerprint density at radius 1 is 1.25 bits per heavy atom. The van der Waals surface area contributed by atoms with E-state index >= 15 is 0 Å². The number of aryl methyl sites for hydroxylation is 1. The number of hydrogen-bond donors (Lipinski definition) is 2. The van der Waals surface area contributed by atoms with Crippen molar-refractivity contribution in [3.05, 3.63) is 11.4 Å². The first-order valence-electron chi connectivity index (χ1n) is 7.69. The number of hydrogen-bond acceptors (Lipinski definition) is 5. The van der Waals surface area contributed by atoms with Gasteiger partial charge in [0.1, 0.15) is 17.5 Å². The minimum Gasteiger partial charge on any atom is -0.383 e. The van der Waals surface area contributed by atoms with Gasteiger partial charge >= 0.3 is 0 Å². The lowest BCUT2D eigenvalue weighted by Crippen LogP contribution is -2.21. The SMILES string of the molecule is CCc1nc(N)c(C)c(NCCOC2CCCCC2)n1. The second-order valence-electron chi connectivity index (χ2n) is 5.41. The van der Waals surface area contributed by atoms with Gasteiger partial charge in [0.05, 0.1) is 12.7 Å². The number of nitrogen functional groups attached to an aromatic ring is 1. The quantitative estimate of drug-likeness (QED) is 0.783. The maximum atomic E-state index is 5.90. The van der Waals surface area contributed by atoms with Crippen molar-refractivity contribution < 1.29 is 4.74 Å². The topological polar surface area (TPSA) is 73.1 Å². The van der Waals surface area contributed by atoms with Crippen LogP contribution in [0, 0.1) is 6.92 Å². The summed E-state index contributed by atoms with van der Waals surface area (Å²) in [5.74, 6) is 2.18. The highest BCUT2D eigenvalue weighted by atomic mass is 16.5. The van der Waals surface area contributed by atoms with Gasteiger partial charge in [-0.2, -0.15) is 0 Å². The normalized spacial score (nSPS) is 16.3. The van der Waals surface area contributed by atoms with E-state index in [1.165, 1.54) is 32.1 Å². The van der Waals surface area contributed by atoms with Crippen LogP contribution in [0.2, 0.25) is 0 Å². The molecule has 0 atom stereocenters. The van der Waals surface area contributed by atoms with Crippen LogP contribution in [0.5, 0.6) is 0 Å². The van der Waals surface area contributed by atoms with E-state index < -0.39 is 0 Å². The number of aromatic nitrogens is 2. The summed E-state index contributed by atoms with van der Waals surface area (Å²) in [6.45, 7) is 5.45. The Morgan fingerprint density at radius 3 is 2.70 bits per heavy atom. The lowest BCUT2D eigenvalue weighted by molar-refractivity contribution is 0.0347. The van der Waals surface area contributed by atoms with Crippen LogP contribution in [0.4, 0.5) is 11.6 Å². The van der Waals surface area contributed by atoms with Crippen molar-refractivity contribution in [2.24, 2.45) is 0 Å². The second-order valence-corrected chi connectivity index (χ2v) is 5.41. The average molecular weight is 278 g/mol. The maximum Gasteiger partial charge on any atom is 0.134 e. The molecule has 1 fully saturated rings. The molecule has 1 aliphatic rings. The molecule has 0 amide bonds. The van der Waals surface area contributed by atoms with Gasteiger partial charge in [0, 0.05) is 18.5 Å². The summed E-state index contributed by atoms with van der Waals surface area (Å²) >= 11 is 0. The molecule has 2 rings (SSSR count). The summed E-state index contributed by atoms with van der Waals surface area (Å²) < 4.78 is 5.89. The number of ether oxygens (including phenoxy) is 1. The fourth-order valence-electron chi connectivity index (χ4n) is 2.54. The van der Waals surface area contributed by atoms with Crippen molar-refractivity contribution >= 4 is 11.6 Å². The van der Waals surface area contributed by atoms with Crippen molar-refractivity contribution in [1.82, 2.24) is 9.97 Å². The average Bonchev–Trinajstić information content (AvgIpc) is 2.48. The fraction of sp³-hybridized carbons (Fsp3) is 0.733. The molecule has 5 nitrogen and oxygen atoms in total. The molecule has 0 spiro atoms. The van der Waals surface area contributed by atoms with Crippen molar-refractivity contribution in [1.29, 1.82) is 0 Å². The van der Waals surface area contributed by atoms with Crippen molar-refractivity contribution in [2.75, 3.05) is 24.2 Å². The van der Waals surface area contributed by atoms with E-state index in [-0.39, 0.29) is 0 Å². The highest BCUT2D eigenvalue weighted by molar-refractivity contribution is 5.54. The van der Waals surface area contributed by atoms with Crippen LogP contribution in [0.25, 0.3) is 0 Å². The summed E-state index contributed by atoms with van der Waals surface area (Å²) in [5.41, 5.74) is 6.81. The molecule has 0 radical (unpaired) electrons. The Morgan fingerprint density at radius 2 is 2.00 bits per heavy atom. The van der Waals surface area contributed by atoms with Crippen LogP contribution in [-0.2, 0) is 11.2 Å². The van der Waals surface area contributed by atoms with Crippen LogP contribution in [0.1, 0.15) is 50.4 Å². The van der Waals surface area contributed by atoms with Gasteiger partial charge in [0.2, 0.25) is 0 Å². The first kappa shape index (κ1) is 15.0. The molecule has 3 N–H and O–H groups in total. The summed E-state index contributed by atoms with van der Waals surface area (Å²) in [7, 11) is 0. The molecule has 1 aromatic heterocycles. The van der Waals surface area contributed by atoms with E-state index in [0.29, 0.717) is 11.9 Å². The molecule has 112 valence electrons. The Kier molecular flexibility index (Phi) is 5.59. The van der Waals surface area contributed by atoms with Crippen LogP contribution < -0.4 is 11.1 Å². The van der Waals surface area contributed by atoms with Gasteiger partial charge in [0.25, 0.3) is 0 Å². The largest absolute Gasteiger partial charge is 0.383 e. The minimum atomic E-state index is 0.452. The summed E-state index contributed by atoms with van der Waals surface area (Å²) in [5, 5.41) is 3.31. The van der Waals surface area contributed by atoms with Crippen LogP contribution in [0.15, 0.2) is 0 Å². The van der Waals surface area contributed by atoms with Gasteiger partial charge in [-0.1, -0.05) is 26.2 Å². The first-order chi connectivity index (χ1) is 9.70.